The fourth-order valence-electron chi connectivity index (χ4n) is 3.13. The molecule has 2 aliphatic rings. The zero-order chi connectivity index (χ0) is 14.9. The lowest BCUT2D eigenvalue weighted by molar-refractivity contribution is 0.342. The second kappa shape index (κ2) is 6.05. The zero-order valence-corrected chi connectivity index (χ0v) is 12.9. The van der Waals surface area contributed by atoms with Gasteiger partial charge in [0.2, 0.25) is 0 Å². The first-order valence-corrected chi connectivity index (χ1v) is 9.52. The molecule has 0 bridgehead atoms. The second-order valence-corrected chi connectivity index (χ2v) is 8.67. The van der Waals surface area contributed by atoms with Gasteiger partial charge >= 0.3 is 0 Å². The Kier molecular flexibility index (Phi) is 4.31. The van der Waals surface area contributed by atoms with Gasteiger partial charge in [0.05, 0.1) is 11.5 Å². The van der Waals surface area contributed by atoms with Crippen LogP contribution in [0.25, 0.3) is 0 Å². The van der Waals surface area contributed by atoms with Crippen molar-refractivity contribution in [3.8, 4) is 0 Å². The van der Waals surface area contributed by atoms with Gasteiger partial charge in [-0.3, -0.25) is 0 Å². The third kappa shape index (κ3) is 4.27. The van der Waals surface area contributed by atoms with E-state index in [0.717, 1.165) is 24.9 Å². The average Bonchev–Trinajstić information content (AvgIpc) is 3.20. The predicted molar refractivity (Wildman–Crippen MR) is 81.4 cm³/mol. The average molecular weight is 311 g/mol. The first-order valence-electron chi connectivity index (χ1n) is 7.70. The molecule has 2 unspecified atom stereocenters. The van der Waals surface area contributed by atoms with Crippen molar-refractivity contribution in [1.29, 1.82) is 0 Å². The topological polar surface area (TPSA) is 46.2 Å². The van der Waals surface area contributed by atoms with E-state index in [4.69, 9.17) is 0 Å². The summed E-state index contributed by atoms with van der Waals surface area (Å²) in [6.45, 7) is 0.863. The lowest BCUT2D eigenvalue weighted by atomic mass is 9.86. The van der Waals surface area contributed by atoms with E-state index in [-0.39, 0.29) is 11.7 Å². The molecule has 1 aliphatic heterocycles. The number of hydrogen-bond acceptors (Lipinski definition) is 3. The summed E-state index contributed by atoms with van der Waals surface area (Å²) in [4.78, 5) is 0. The smallest absolute Gasteiger partial charge is 0.150 e. The fraction of sp³-hybridized carbons (Fsp3) is 0.625. The van der Waals surface area contributed by atoms with E-state index in [2.05, 4.69) is 5.32 Å². The van der Waals surface area contributed by atoms with Crippen molar-refractivity contribution in [3.05, 3.63) is 35.6 Å². The van der Waals surface area contributed by atoms with Gasteiger partial charge in [-0.25, -0.2) is 12.8 Å². The molecule has 3 rings (SSSR count). The van der Waals surface area contributed by atoms with Gasteiger partial charge in [-0.15, -0.1) is 0 Å². The summed E-state index contributed by atoms with van der Waals surface area (Å²) >= 11 is 0. The molecule has 1 aromatic rings. The summed E-state index contributed by atoms with van der Waals surface area (Å²) < 4.78 is 36.4. The first kappa shape index (κ1) is 15.0. The molecule has 1 saturated heterocycles. The van der Waals surface area contributed by atoms with Crippen LogP contribution in [0, 0.1) is 17.7 Å². The standard InChI is InChI=1S/C16H22FNO2S/c17-15-3-1-12(2-4-15)9-14(10-18-16-5-6-16)13-7-8-21(19,20)11-13/h1-4,13-14,16,18H,5-11H2. The van der Waals surface area contributed by atoms with Crippen LogP contribution < -0.4 is 5.32 Å². The summed E-state index contributed by atoms with van der Waals surface area (Å²) in [6, 6.07) is 7.20. The molecule has 5 heteroatoms. The minimum Gasteiger partial charge on any atom is -0.314 e. The fourth-order valence-corrected chi connectivity index (χ4v) is 5.05. The van der Waals surface area contributed by atoms with Crippen molar-refractivity contribution < 1.29 is 12.8 Å². The van der Waals surface area contributed by atoms with Crippen LogP contribution in [0.2, 0.25) is 0 Å². The Morgan fingerprint density at radius 2 is 1.90 bits per heavy atom. The predicted octanol–water partition coefficient (Wildman–Crippen LogP) is 2.17. The third-order valence-electron chi connectivity index (χ3n) is 4.59. The molecule has 21 heavy (non-hydrogen) atoms. The van der Waals surface area contributed by atoms with Crippen LogP contribution in [0.15, 0.2) is 24.3 Å². The quantitative estimate of drug-likeness (QED) is 0.876. The van der Waals surface area contributed by atoms with Crippen molar-refractivity contribution in [1.82, 2.24) is 5.32 Å². The Morgan fingerprint density at radius 1 is 1.19 bits per heavy atom. The Bertz CT molecular complexity index is 581. The van der Waals surface area contributed by atoms with Gasteiger partial charge in [0, 0.05) is 6.04 Å². The molecule has 1 aliphatic carbocycles. The maximum Gasteiger partial charge on any atom is 0.150 e. The molecule has 116 valence electrons. The minimum atomic E-state index is -2.85. The van der Waals surface area contributed by atoms with Gasteiger partial charge < -0.3 is 5.32 Å². The van der Waals surface area contributed by atoms with Crippen LogP contribution in [0.3, 0.4) is 0 Å². The molecule has 1 heterocycles. The maximum absolute atomic E-state index is 13.0. The normalized spacial score (nSPS) is 25.9. The van der Waals surface area contributed by atoms with Crippen LogP contribution >= 0.6 is 0 Å². The highest BCUT2D eigenvalue weighted by Crippen LogP contribution is 2.29. The van der Waals surface area contributed by atoms with E-state index in [1.54, 1.807) is 0 Å². The number of benzene rings is 1. The lowest BCUT2D eigenvalue weighted by Gasteiger charge is -2.23. The molecule has 2 fully saturated rings. The van der Waals surface area contributed by atoms with E-state index in [0.29, 0.717) is 23.5 Å². The Hall–Kier alpha value is -0.940. The molecule has 2 atom stereocenters. The van der Waals surface area contributed by atoms with Crippen LogP contribution in [0.4, 0.5) is 4.39 Å². The molecule has 3 nitrogen and oxygen atoms in total. The minimum absolute atomic E-state index is 0.227. The first-order chi connectivity index (χ1) is 10.0. The van der Waals surface area contributed by atoms with Crippen molar-refractivity contribution in [2.75, 3.05) is 18.1 Å². The maximum atomic E-state index is 13.0. The highest BCUT2D eigenvalue weighted by Gasteiger charge is 2.34. The molecule has 0 radical (unpaired) electrons. The van der Waals surface area contributed by atoms with E-state index in [1.165, 1.54) is 25.0 Å². The highest BCUT2D eigenvalue weighted by molar-refractivity contribution is 7.91. The zero-order valence-electron chi connectivity index (χ0n) is 12.1. The summed E-state index contributed by atoms with van der Waals surface area (Å²) in [5.74, 6) is 0.946. The number of hydrogen-bond donors (Lipinski definition) is 1. The SMILES string of the molecule is O=S1(=O)CCC(C(CNC2CC2)Cc2ccc(F)cc2)C1. The monoisotopic (exact) mass is 311 g/mol. The molecule has 1 saturated carbocycles. The van der Waals surface area contributed by atoms with E-state index >= 15 is 0 Å². The molecule has 0 aromatic heterocycles. The van der Waals surface area contributed by atoms with Gasteiger partial charge in [-0.2, -0.15) is 0 Å². The van der Waals surface area contributed by atoms with Gasteiger partial charge in [0.1, 0.15) is 5.82 Å². The molecule has 0 spiro atoms. The molecular formula is C16H22FNO2S. The van der Waals surface area contributed by atoms with Gasteiger partial charge in [0.15, 0.2) is 9.84 Å². The van der Waals surface area contributed by atoms with Crippen LogP contribution in [0.1, 0.15) is 24.8 Å². The van der Waals surface area contributed by atoms with Crippen molar-refractivity contribution >= 4 is 9.84 Å². The Labute approximate surface area is 125 Å². The van der Waals surface area contributed by atoms with E-state index < -0.39 is 9.84 Å². The van der Waals surface area contributed by atoms with E-state index in [1.807, 2.05) is 12.1 Å². The molecule has 1 N–H and O–H groups in total. The van der Waals surface area contributed by atoms with Crippen LogP contribution in [-0.4, -0.2) is 32.5 Å². The van der Waals surface area contributed by atoms with Gasteiger partial charge in [0.25, 0.3) is 0 Å². The number of sulfone groups is 1. The second-order valence-electron chi connectivity index (χ2n) is 6.44. The molecule has 0 amide bonds. The summed E-state index contributed by atoms with van der Waals surface area (Å²) in [7, 11) is -2.85. The van der Waals surface area contributed by atoms with Crippen molar-refractivity contribution in [3.63, 3.8) is 0 Å². The largest absolute Gasteiger partial charge is 0.314 e. The van der Waals surface area contributed by atoms with Crippen LogP contribution in [0.5, 0.6) is 0 Å². The van der Waals surface area contributed by atoms with Crippen LogP contribution in [-0.2, 0) is 16.3 Å². The lowest BCUT2D eigenvalue weighted by Crippen LogP contribution is -2.31. The van der Waals surface area contributed by atoms with Gasteiger partial charge in [-0.05, 0) is 61.8 Å². The van der Waals surface area contributed by atoms with Crippen molar-refractivity contribution in [2.24, 2.45) is 11.8 Å². The number of rotatable bonds is 6. The Morgan fingerprint density at radius 3 is 2.48 bits per heavy atom. The van der Waals surface area contributed by atoms with Crippen molar-refractivity contribution in [2.45, 2.75) is 31.7 Å². The van der Waals surface area contributed by atoms with E-state index in [9.17, 15) is 12.8 Å². The Balaban J connectivity index is 1.67. The molecule has 1 aromatic carbocycles. The molecular weight excluding hydrogens is 289 g/mol. The summed E-state index contributed by atoms with van der Waals surface area (Å²) in [5, 5.41) is 3.52. The third-order valence-corrected chi connectivity index (χ3v) is 6.39. The summed E-state index contributed by atoms with van der Waals surface area (Å²) in [6.07, 6.45) is 4.04. The van der Waals surface area contributed by atoms with Gasteiger partial charge in [-0.1, -0.05) is 12.1 Å². The highest BCUT2D eigenvalue weighted by atomic mass is 32.2. The summed E-state index contributed by atoms with van der Waals surface area (Å²) in [5.41, 5.74) is 1.09. The number of nitrogens with one attached hydrogen (secondary N) is 1. The number of halogens is 1.